The average Bonchev–Trinajstić information content (AvgIpc) is 3.05. The van der Waals surface area contributed by atoms with Crippen LogP contribution in [0.1, 0.15) is 10.4 Å². The molecule has 128 valence electrons. The van der Waals surface area contributed by atoms with Crippen LogP contribution in [0.3, 0.4) is 0 Å². The number of halogens is 2. The lowest BCUT2D eigenvalue weighted by Crippen LogP contribution is -2.11. The molecule has 6 heteroatoms. The average molecular weight is 519 g/mol. The molecule has 4 aromatic rings. The molecule has 0 radical (unpaired) electrons. The summed E-state index contributed by atoms with van der Waals surface area (Å²) in [7, 11) is 0. The molecule has 1 heterocycles. The molecule has 0 bridgehead atoms. The molecule has 3 aromatic carbocycles. The van der Waals surface area contributed by atoms with E-state index in [1.165, 1.54) is 0 Å². The molecule has 1 amide bonds. The molecule has 1 aromatic heterocycles. The lowest BCUT2D eigenvalue weighted by atomic mass is 10.2. The predicted octanol–water partition coefficient (Wildman–Crippen LogP) is 6.11. The molecule has 0 saturated carbocycles. The Morgan fingerprint density at radius 2 is 1.88 bits per heavy atom. The number of amides is 1. The van der Waals surface area contributed by atoms with Crippen LogP contribution < -0.4 is 5.32 Å². The Kier molecular flexibility index (Phi) is 4.78. The van der Waals surface area contributed by atoms with Crippen molar-refractivity contribution in [2.24, 2.45) is 0 Å². The summed E-state index contributed by atoms with van der Waals surface area (Å²) in [6.45, 7) is 0. The SMILES string of the molecule is O=C(Nc1ccc2oc(-c3cccc(Br)c3)nc2c1)c1cccc(I)c1. The maximum Gasteiger partial charge on any atom is 0.255 e. The molecular formula is C20H12BrIN2O2. The highest BCUT2D eigenvalue weighted by atomic mass is 127. The number of carbonyl (C=O) groups is 1. The summed E-state index contributed by atoms with van der Waals surface area (Å²) >= 11 is 5.64. The molecule has 0 aliphatic heterocycles. The van der Waals surface area contributed by atoms with E-state index < -0.39 is 0 Å². The minimum absolute atomic E-state index is 0.154. The summed E-state index contributed by atoms with van der Waals surface area (Å²) < 4.78 is 7.80. The zero-order valence-electron chi connectivity index (χ0n) is 13.4. The Balaban J connectivity index is 1.62. The first-order valence-corrected chi connectivity index (χ1v) is 9.69. The molecular weight excluding hydrogens is 507 g/mol. The van der Waals surface area contributed by atoms with Crippen LogP contribution in [0.4, 0.5) is 5.69 Å². The Bertz CT molecular complexity index is 1120. The number of anilines is 1. The molecule has 0 fully saturated rings. The van der Waals surface area contributed by atoms with Gasteiger partial charge in [-0.15, -0.1) is 0 Å². The van der Waals surface area contributed by atoms with Gasteiger partial charge in [-0.2, -0.15) is 0 Å². The second kappa shape index (κ2) is 7.20. The lowest BCUT2D eigenvalue weighted by molar-refractivity contribution is 0.102. The number of carbonyl (C=O) groups excluding carboxylic acids is 1. The first-order chi connectivity index (χ1) is 12.6. The van der Waals surface area contributed by atoms with Crippen molar-refractivity contribution >= 4 is 61.2 Å². The minimum atomic E-state index is -0.154. The Morgan fingerprint density at radius 3 is 2.69 bits per heavy atom. The predicted molar refractivity (Wildman–Crippen MR) is 114 cm³/mol. The first-order valence-electron chi connectivity index (χ1n) is 7.82. The number of aromatic nitrogens is 1. The normalized spacial score (nSPS) is 10.8. The van der Waals surface area contributed by atoms with Gasteiger partial charge in [-0.3, -0.25) is 4.79 Å². The fourth-order valence-electron chi connectivity index (χ4n) is 2.58. The Morgan fingerprint density at radius 1 is 1.04 bits per heavy atom. The molecule has 0 aliphatic carbocycles. The summed E-state index contributed by atoms with van der Waals surface area (Å²) in [4.78, 5) is 16.9. The Labute approximate surface area is 171 Å². The third-order valence-electron chi connectivity index (χ3n) is 3.80. The van der Waals surface area contributed by atoms with Crippen molar-refractivity contribution in [3.8, 4) is 11.5 Å². The van der Waals surface area contributed by atoms with E-state index in [0.29, 0.717) is 28.2 Å². The van der Waals surface area contributed by atoms with Crippen molar-refractivity contribution in [3.63, 3.8) is 0 Å². The molecule has 0 unspecified atom stereocenters. The van der Waals surface area contributed by atoms with Crippen LogP contribution in [0, 0.1) is 3.57 Å². The third kappa shape index (κ3) is 3.66. The largest absolute Gasteiger partial charge is 0.436 e. The van der Waals surface area contributed by atoms with Crippen LogP contribution in [-0.2, 0) is 0 Å². The molecule has 0 saturated heterocycles. The summed E-state index contributed by atoms with van der Waals surface area (Å²) in [6.07, 6.45) is 0. The fraction of sp³-hybridized carbons (Fsp3) is 0. The molecule has 0 atom stereocenters. The van der Waals surface area contributed by atoms with Crippen molar-refractivity contribution in [3.05, 3.63) is 80.3 Å². The van der Waals surface area contributed by atoms with Crippen LogP contribution in [0.2, 0.25) is 0 Å². The van der Waals surface area contributed by atoms with Crippen molar-refractivity contribution in [2.45, 2.75) is 0 Å². The van der Waals surface area contributed by atoms with E-state index in [0.717, 1.165) is 13.6 Å². The summed E-state index contributed by atoms with van der Waals surface area (Å²) in [5, 5.41) is 2.90. The number of benzene rings is 3. The maximum atomic E-state index is 12.4. The topological polar surface area (TPSA) is 55.1 Å². The van der Waals surface area contributed by atoms with E-state index in [1.54, 1.807) is 6.07 Å². The van der Waals surface area contributed by atoms with Gasteiger partial charge in [-0.05, 0) is 77.2 Å². The number of oxazole rings is 1. The number of rotatable bonds is 3. The third-order valence-corrected chi connectivity index (χ3v) is 4.97. The highest BCUT2D eigenvalue weighted by Crippen LogP contribution is 2.28. The van der Waals surface area contributed by atoms with E-state index in [-0.39, 0.29) is 5.91 Å². The highest BCUT2D eigenvalue weighted by molar-refractivity contribution is 14.1. The van der Waals surface area contributed by atoms with E-state index in [1.807, 2.05) is 60.7 Å². The van der Waals surface area contributed by atoms with Crippen LogP contribution in [0.25, 0.3) is 22.6 Å². The molecule has 0 spiro atoms. The number of hydrogen-bond acceptors (Lipinski definition) is 3. The van der Waals surface area contributed by atoms with E-state index in [2.05, 4.69) is 48.8 Å². The van der Waals surface area contributed by atoms with Gasteiger partial charge in [0.15, 0.2) is 5.58 Å². The molecule has 0 aliphatic rings. The highest BCUT2D eigenvalue weighted by Gasteiger charge is 2.11. The van der Waals surface area contributed by atoms with Gasteiger partial charge in [0, 0.05) is 24.9 Å². The lowest BCUT2D eigenvalue weighted by Gasteiger charge is -2.05. The standard InChI is InChI=1S/C20H12BrIN2O2/c21-14-5-1-4-13(9-14)20-24-17-11-16(7-8-18(17)26-20)23-19(25)12-3-2-6-15(22)10-12/h1-11H,(H,23,25). The minimum Gasteiger partial charge on any atom is -0.436 e. The number of hydrogen-bond donors (Lipinski definition) is 1. The van der Waals surface area contributed by atoms with Crippen LogP contribution >= 0.6 is 38.5 Å². The van der Waals surface area contributed by atoms with Gasteiger partial charge in [-0.1, -0.05) is 28.1 Å². The van der Waals surface area contributed by atoms with Gasteiger partial charge >= 0.3 is 0 Å². The fourth-order valence-corrected chi connectivity index (χ4v) is 3.53. The van der Waals surface area contributed by atoms with Crippen LogP contribution in [0.15, 0.2) is 75.6 Å². The van der Waals surface area contributed by atoms with E-state index in [9.17, 15) is 4.79 Å². The zero-order valence-corrected chi connectivity index (χ0v) is 17.1. The molecule has 4 rings (SSSR count). The van der Waals surface area contributed by atoms with Gasteiger partial charge in [0.25, 0.3) is 5.91 Å². The monoisotopic (exact) mass is 518 g/mol. The number of fused-ring (bicyclic) bond motifs is 1. The van der Waals surface area contributed by atoms with Crippen molar-refractivity contribution in [1.29, 1.82) is 0 Å². The van der Waals surface area contributed by atoms with Gasteiger partial charge < -0.3 is 9.73 Å². The first kappa shape index (κ1) is 17.2. The van der Waals surface area contributed by atoms with Crippen molar-refractivity contribution < 1.29 is 9.21 Å². The maximum absolute atomic E-state index is 12.4. The van der Waals surface area contributed by atoms with E-state index in [4.69, 9.17) is 4.42 Å². The smallest absolute Gasteiger partial charge is 0.255 e. The zero-order chi connectivity index (χ0) is 18.1. The number of nitrogens with zero attached hydrogens (tertiary/aromatic N) is 1. The summed E-state index contributed by atoms with van der Waals surface area (Å²) in [5.41, 5.74) is 3.55. The second-order valence-electron chi connectivity index (χ2n) is 5.68. The summed E-state index contributed by atoms with van der Waals surface area (Å²) in [6, 6.07) is 20.6. The van der Waals surface area contributed by atoms with Gasteiger partial charge in [-0.25, -0.2) is 4.98 Å². The molecule has 1 N–H and O–H groups in total. The second-order valence-corrected chi connectivity index (χ2v) is 7.84. The molecule has 4 nitrogen and oxygen atoms in total. The van der Waals surface area contributed by atoms with Gasteiger partial charge in [0.1, 0.15) is 5.52 Å². The van der Waals surface area contributed by atoms with Gasteiger partial charge in [0.2, 0.25) is 5.89 Å². The molecule has 26 heavy (non-hydrogen) atoms. The van der Waals surface area contributed by atoms with Gasteiger partial charge in [0.05, 0.1) is 0 Å². The summed E-state index contributed by atoms with van der Waals surface area (Å²) in [5.74, 6) is 0.390. The van der Waals surface area contributed by atoms with E-state index >= 15 is 0 Å². The van der Waals surface area contributed by atoms with Crippen molar-refractivity contribution in [2.75, 3.05) is 5.32 Å². The van der Waals surface area contributed by atoms with Crippen LogP contribution in [-0.4, -0.2) is 10.9 Å². The van der Waals surface area contributed by atoms with Crippen molar-refractivity contribution in [1.82, 2.24) is 4.98 Å². The van der Waals surface area contributed by atoms with Crippen LogP contribution in [0.5, 0.6) is 0 Å². The quantitative estimate of drug-likeness (QED) is 0.333. The number of nitrogens with one attached hydrogen (secondary N) is 1. The Hall–Kier alpha value is -2.19.